The Balaban J connectivity index is 2.75. The quantitative estimate of drug-likeness (QED) is 0.775. The Hall–Kier alpha value is -0.580. The van der Waals surface area contributed by atoms with Gasteiger partial charge in [0.2, 0.25) is 0 Å². The maximum atomic E-state index is 11.3. The molecule has 1 heterocycles. The molecule has 1 aromatic heterocycles. The van der Waals surface area contributed by atoms with E-state index in [2.05, 4.69) is 0 Å². The van der Waals surface area contributed by atoms with Crippen LogP contribution in [-0.2, 0) is 9.84 Å². The van der Waals surface area contributed by atoms with Crippen molar-refractivity contribution in [3.05, 3.63) is 29.3 Å². The van der Waals surface area contributed by atoms with Crippen molar-refractivity contribution in [2.24, 2.45) is 0 Å². The average Bonchev–Trinajstić information content (AvgIpc) is 2.45. The highest BCUT2D eigenvalue weighted by atomic mass is 35.5. The van der Waals surface area contributed by atoms with Crippen LogP contribution in [-0.4, -0.2) is 14.7 Å². The number of fused-ring (bicyclic) bond motifs is 1. The van der Waals surface area contributed by atoms with Crippen molar-refractivity contribution in [2.75, 3.05) is 6.26 Å². The molecule has 2 nitrogen and oxygen atoms in total. The minimum absolute atomic E-state index is 0.384. The van der Waals surface area contributed by atoms with Crippen LogP contribution >= 0.6 is 22.9 Å². The number of rotatable bonds is 1. The van der Waals surface area contributed by atoms with Gasteiger partial charge in [-0.2, -0.15) is 0 Å². The number of halogens is 1. The average molecular weight is 247 g/mol. The van der Waals surface area contributed by atoms with Gasteiger partial charge in [-0.25, -0.2) is 8.42 Å². The Kier molecular flexibility index (Phi) is 2.29. The molecule has 14 heavy (non-hydrogen) atoms. The summed E-state index contributed by atoms with van der Waals surface area (Å²) < 4.78 is 23.8. The summed E-state index contributed by atoms with van der Waals surface area (Å²) in [7, 11) is -3.10. The van der Waals surface area contributed by atoms with Crippen molar-refractivity contribution in [1.82, 2.24) is 0 Å². The number of hydrogen-bond donors (Lipinski definition) is 0. The third kappa shape index (κ3) is 1.78. The summed E-state index contributed by atoms with van der Waals surface area (Å²) in [6.45, 7) is 0. The van der Waals surface area contributed by atoms with Gasteiger partial charge in [0.15, 0.2) is 9.84 Å². The summed E-state index contributed by atoms with van der Waals surface area (Å²) in [4.78, 5) is 0. The van der Waals surface area contributed by atoms with Crippen LogP contribution in [0.4, 0.5) is 0 Å². The van der Waals surface area contributed by atoms with E-state index >= 15 is 0 Å². The topological polar surface area (TPSA) is 34.1 Å². The molecule has 0 bridgehead atoms. The van der Waals surface area contributed by atoms with Crippen LogP contribution in [0.3, 0.4) is 0 Å². The molecular weight excluding hydrogens is 240 g/mol. The monoisotopic (exact) mass is 246 g/mol. The molecule has 0 spiro atoms. The van der Waals surface area contributed by atoms with Crippen LogP contribution in [0.25, 0.3) is 10.1 Å². The molecule has 5 heteroatoms. The van der Waals surface area contributed by atoms with E-state index in [0.717, 1.165) is 10.1 Å². The van der Waals surface area contributed by atoms with E-state index in [1.165, 1.54) is 17.6 Å². The fourth-order valence-corrected chi connectivity index (χ4v) is 3.45. The van der Waals surface area contributed by atoms with Crippen molar-refractivity contribution in [3.8, 4) is 0 Å². The molecule has 2 rings (SSSR count). The smallest absolute Gasteiger partial charge is 0.184 e. The lowest BCUT2D eigenvalue weighted by Gasteiger charge is -1.88. The summed E-state index contributed by atoms with van der Waals surface area (Å²) >= 11 is 7.05. The zero-order valence-corrected chi connectivity index (χ0v) is 9.71. The minimum Gasteiger partial charge on any atom is -0.223 e. The van der Waals surface area contributed by atoms with E-state index in [9.17, 15) is 8.42 Å². The van der Waals surface area contributed by atoms with Crippen molar-refractivity contribution in [2.45, 2.75) is 4.21 Å². The number of thiophene rings is 1. The second kappa shape index (κ2) is 3.22. The van der Waals surface area contributed by atoms with Gasteiger partial charge in [0.1, 0.15) is 4.21 Å². The molecule has 0 saturated heterocycles. The SMILES string of the molecule is CS(=O)(=O)c1cc2ccc(Cl)cc2s1. The van der Waals surface area contributed by atoms with E-state index < -0.39 is 9.84 Å². The van der Waals surface area contributed by atoms with Gasteiger partial charge in [-0.3, -0.25) is 0 Å². The van der Waals surface area contributed by atoms with Crippen LogP contribution in [0.1, 0.15) is 0 Å². The van der Waals surface area contributed by atoms with Crippen LogP contribution in [0.5, 0.6) is 0 Å². The number of hydrogen-bond acceptors (Lipinski definition) is 3. The standard InChI is InChI=1S/C9H7ClO2S2/c1-14(11,12)9-4-6-2-3-7(10)5-8(6)13-9/h2-5H,1H3. The van der Waals surface area contributed by atoms with Crippen LogP contribution in [0.2, 0.25) is 5.02 Å². The first-order valence-electron chi connectivity index (χ1n) is 3.86. The molecule has 74 valence electrons. The van der Waals surface area contributed by atoms with Gasteiger partial charge >= 0.3 is 0 Å². The second-order valence-corrected chi connectivity index (χ2v) is 6.78. The number of benzene rings is 1. The van der Waals surface area contributed by atoms with Crippen LogP contribution < -0.4 is 0 Å². The Morgan fingerprint density at radius 3 is 2.64 bits per heavy atom. The summed E-state index contributed by atoms with van der Waals surface area (Å²) in [6.07, 6.45) is 1.21. The molecule has 0 aliphatic carbocycles. The lowest BCUT2D eigenvalue weighted by atomic mass is 10.3. The van der Waals surface area contributed by atoms with Gasteiger partial charge < -0.3 is 0 Å². The predicted octanol–water partition coefficient (Wildman–Crippen LogP) is 2.96. The van der Waals surface area contributed by atoms with Gasteiger partial charge in [0.05, 0.1) is 0 Å². The highest BCUT2D eigenvalue weighted by Crippen LogP contribution is 2.30. The normalized spacial score (nSPS) is 12.1. The van der Waals surface area contributed by atoms with E-state index in [1.54, 1.807) is 18.2 Å². The van der Waals surface area contributed by atoms with Crippen LogP contribution in [0.15, 0.2) is 28.5 Å². The first-order chi connectivity index (χ1) is 6.47. The molecular formula is C9H7ClO2S2. The summed E-state index contributed by atoms with van der Waals surface area (Å²) in [5, 5.41) is 1.54. The van der Waals surface area contributed by atoms with Gasteiger partial charge in [-0.05, 0) is 23.6 Å². The third-order valence-corrected chi connectivity index (χ3v) is 4.96. The van der Waals surface area contributed by atoms with E-state index in [1.807, 2.05) is 6.07 Å². The lowest BCUT2D eigenvalue weighted by Crippen LogP contribution is -1.91. The lowest BCUT2D eigenvalue weighted by molar-refractivity contribution is 0.604. The molecule has 1 aromatic carbocycles. The second-order valence-electron chi connectivity index (χ2n) is 3.02. The minimum atomic E-state index is -3.10. The Morgan fingerprint density at radius 2 is 2.00 bits per heavy atom. The van der Waals surface area contributed by atoms with E-state index in [0.29, 0.717) is 9.23 Å². The largest absolute Gasteiger partial charge is 0.223 e. The fraction of sp³-hybridized carbons (Fsp3) is 0.111. The van der Waals surface area contributed by atoms with E-state index in [4.69, 9.17) is 11.6 Å². The molecule has 0 amide bonds. The van der Waals surface area contributed by atoms with Crippen molar-refractivity contribution in [3.63, 3.8) is 0 Å². The third-order valence-electron chi connectivity index (χ3n) is 1.82. The molecule has 0 fully saturated rings. The maximum Gasteiger partial charge on any atom is 0.184 e. The van der Waals surface area contributed by atoms with Gasteiger partial charge in [0, 0.05) is 16.0 Å². The summed E-state index contributed by atoms with van der Waals surface area (Å²) in [5.74, 6) is 0. The molecule has 2 aromatic rings. The highest BCUT2D eigenvalue weighted by molar-refractivity contribution is 7.92. The zero-order chi connectivity index (χ0) is 10.3. The predicted molar refractivity (Wildman–Crippen MR) is 59.9 cm³/mol. The van der Waals surface area contributed by atoms with Gasteiger partial charge in [-0.1, -0.05) is 17.7 Å². The van der Waals surface area contributed by atoms with E-state index in [-0.39, 0.29) is 0 Å². The first-order valence-corrected chi connectivity index (χ1v) is 6.94. The molecule has 0 radical (unpaired) electrons. The zero-order valence-electron chi connectivity index (χ0n) is 7.32. The van der Waals surface area contributed by atoms with Crippen molar-refractivity contribution >= 4 is 42.9 Å². The molecule has 0 atom stereocenters. The molecule has 0 aliphatic heterocycles. The Morgan fingerprint density at radius 1 is 1.29 bits per heavy atom. The van der Waals surface area contributed by atoms with Crippen molar-refractivity contribution < 1.29 is 8.42 Å². The molecule has 0 N–H and O–H groups in total. The number of sulfone groups is 1. The molecule has 0 saturated carbocycles. The fourth-order valence-electron chi connectivity index (χ4n) is 1.16. The first kappa shape index (κ1) is 9.96. The van der Waals surface area contributed by atoms with Gasteiger partial charge in [0.25, 0.3) is 0 Å². The highest BCUT2D eigenvalue weighted by Gasteiger charge is 2.11. The Bertz CT molecular complexity index is 584. The molecule has 0 aliphatic rings. The van der Waals surface area contributed by atoms with Gasteiger partial charge in [-0.15, -0.1) is 11.3 Å². The molecule has 0 unspecified atom stereocenters. The van der Waals surface area contributed by atoms with Crippen LogP contribution in [0, 0.1) is 0 Å². The van der Waals surface area contributed by atoms with Crippen molar-refractivity contribution in [1.29, 1.82) is 0 Å². The maximum absolute atomic E-state index is 11.3. The Labute approximate surface area is 91.0 Å². The summed E-state index contributed by atoms with van der Waals surface area (Å²) in [6, 6.07) is 7.02. The summed E-state index contributed by atoms with van der Waals surface area (Å²) in [5.41, 5.74) is 0.